The molecule has 0 aliphatic heterocycles. The van der Waals surface area contributed by atoms with Gasteiger partial charge in [0.1, 0.15) is 6.54 Å². The Morgan fingerprint density at radius 2 is 1.89 bits per heavy atom. The first-order valence-electron chi connectivity index (χ1n) is 5.64. The highest BCUT2D eigenvalue weighted by Gasteiger charge is 2.19. The highest BCUT2D eigenvalue weighted by Crippen LogP contribution is 2.22. The summed E-state index contributed by atoms with van der Waals surface area (Å²) < 4.78 is 0.942. The number of carbonyl (C=O) groups is 2. The lowest BCUT2D eigenvalue weighted by atomic mass is 10.0. The van der Waals surface area contributed by atoms with E-state index in [0.29, 0.717) is 12.1 Å². The number of aryl methyl sites for hydroxylation is 2. The van der Waals surface area contributed by atoms with Gasteiger partial charge in [0.25, 0.3) is 5.91 Å². The maximum absolute atomic E-state index is 12.2. The first kappa shape index (κ1) is 14.7. The number of hydrogen-bond acceptors (Lipinski definition) is 2. The van der Waals surface area contributed by atoms with E-state index in [-0.39, 0.29) is 12.5 Å². The second kappa shape index (κ2) is 6.00. The summed E-state index contributed by atoms with van der Waals surface area (Å²) in [6.07, 6.45) is 0. The van der Waals surface area contributed by atoms with Crippen molar-refractivity contribution >= 4 is 27.8 Å². The number of amides is 1. The molecule has 0 heterocycles. The highest BCUT2D eigenvalue weighted by atomic mass is 79.9. The molecule has 1 rings (SSSR count). The lowest BCUT2D eigenvalue weighted by molar-refractivity contribution is -0.137. The summed E-state index contributed by atoms with van der Waals surface area (Å²) in [6, 6.07) is 3.66. The van der Waals surface area contributed by atoms with Crippen molar-refractivity contribution in [3.8, 4) is 0 Å². The Labute approximate surface area is 115 Å². The molecule has 98 valence electrons. The monoisotopic (exact) mass is 313 g/mol. The molecule has 0 unspecified atom stereocenters. The van der Waals surface area contributed by atoms with Crippen molar-refractivity contribution in [1.82, 2.24) is 4.90 Å². The van der Waals surface area contributed by atoms with Crippen molar-refractivity contribution < 1.29 is 14.7 Å². The van der Waals surface area contributed by atoms with Crippen LogP contribution in [0, 0.1) is 13.8 Å². The summed E-state index contributed by atoms with van der Waals surface area (Å²) in [4.78, 5) is 24.3. The Hall–Kier alpha value is -1.36. The van der Waals surface area contributed by atoms with Gasteiger partial charge in [0.15, 0.2) is 0 Å². The van der Waals surface area contributed by atoms with Gasteiger partial charge in [0.05, 0.1) is 0 Å². The molecule has 0 bridgehead atoms. The molecule has 0 aliphatic rings. The predicted octanol–water partition coefficient (Wildman–Crippen LogP) is 2.61. The fourth-order valence-corrected chi connectivity index (χ4v) is 2.13. The van der Waals surface area contributed by atoms with Crippen molar-refractivity contribution in [2.45, 2.75) is 20.8 Å². The molecule has 0 aromatic heterocycles. The van der Waals surface area contributed by atoms with Crippen molar-refractivity contribution in [3.05, 3.63) is 33.3 Å². The van der Waals surface area contributed by atoms with E-state index >= 15 is 0 Å². The molecule has 18 heavy (non-hydrogen) atoms. The predicted molar refractivity (Wildman–Crippen MR) is 72.8 cm³/mol. The van der Waals surface area contributed by atoms with Crippen molar-refractivity contribution in [2.75, 3.05) is 13.1 Å². The van der Waals surface area contributed by atoms with E-state index in [1.54, 1.807) is 13.0 Å². The Kier molecular flexibility index (Phi) is 4.90. The van der Waals surface area contributed by atoms with Gasteiger partial charge in [0.2, 0.25) is 0 Å². The van der Waals surface area contributed by atoms with Crippen LogP contribution in [-0.4, -0.2) is 35.0 Å². The van der Waals surface area contributed by atoms with Crippen LogP contribution >= 0.6 is 15.9 Å². The Balaban J connectivity index is 3.09. The van der Waals surface area contributed by atoms with Crippen molar-refractivity contribution in [2.24, 2.45) is 0 Å². The zero-order valence-electron chi connectivity index (χ0n) is 10.7. The maximum atomic E-state index is 12.2. The molecule has 0 aliphatic carbocycles. The van der Waals surface area contributed by atoms with E-state index in [4.69, 9.17) is 5.11 Å². The number of nitrogens with zero attached hydrogens (tertiary/aromatic N) is 1. The van der Waals surface area contributed by atoms with E-state index in [1.807, 2.05) is 19.9 Å². The van der Waals surface area contributed by atoms with E-state index < -0.39 is 5.97 Å². The zero-order valence-corrected chi connectivity index (χ0v) is 12.2. The van der Waals surface area contributed by atoms with Gasteiger partial charge in [-0.05, 0) is 44.0 Å². The number of halogens is 1. The SMILES string of the molecule is CCN(CC(=O)O)C(=O)c1cc(C)c(Br)cc1C. The lowest BCUT2D eigenvalue weighted by Gasteiger charge is -2.20. The average molecular weight is 314 g/mol. The van der Waals surface area contributed by atoms with Crippen LogP contribution in [0.2, 0.25) is 0 Å². The minimum Gasteiger partial charge on any atom is -0.480 e. The standard InChI is InChI=1S/C13H16BrNO3/c1-4-15(7-12(16)17)13(18)10-5-9(3)11(14)6-8(10)2/h5-6H,4,7H2,1-3H3,(H,16,17). The quantitative estimate of drug-likeness (QED) is 0.929. The van der Waals surface area contributed by atoms with Gasteiger partial charge in [-0.1, -0.05) is 15.9 Å². The molecular weight excluding hydrogens is 298 g/mol. The van der Waals surface area contributed by atoms with Gasteiger partial charge >= 0.3 is 5.97 Å². The van der Waals surface area contributed by atoms with Crippen LogP contribution in [-0.2, 0) is 4.79 Å². The van der Waals surface area contributed by atoms with E-state index in [1.165, 1.54) is 4.90 Å². The van der Waals surface area contributed by atoms with Gasteiger partial charge in [-0.15, -0.1) is 0 Å². The van der Waals surface area contributed by atoms with Crippen molar-refractivity contribution in [3.63, 3.8) is 0 Å². The Morgan fingerprint density at radius 3 is 2.39 bits per heavy atom. The number of rotatable bonds is 4. The molecular formula is C13H16BrNO3. The van der Waals surface area contributed by atoms with Crippen LogP contribution in [0.15, 0.2) is 16.6 Å². The molecule has 0 fully saturated rings. The summed E-state index contributed by atoms with van der Waals surface area (Å²) in [5.41, 5.74) is 2.34. The van der Waals surface area contributed by atoms with Gasteiger partial charge in [-0.3, -0.25) is 9.59 Å². The molecule has 1 aromatic carbocycles. The third-order valence-corrected chi connectivity index (χ3v) is 3.59. The minimum atomic E-state index is -1.00. The average Bonchev–Trinajstić information content (AvgIpc) is 2.29. The van der Waals surface area contributed by atoms with E-state index in [2.05, 4.69) is 15.9 Å². The molecule has 5 heteroatoms. The molecule has 1 aromatic rings. The van der Waals surface area contributed by atoms with Gasteiger partial charge in [-0.2, -0.15) is 0 Å². The normalized spacial score (nSPS) is 10.2. The topological polar surface area (TPSA) is 57.6 Å². The summed E-state index contributed by atoms with van der Waals surface area (Å²) >= 11 is 3.40. The number of likely N-dealkylation sites (N-methyl/N-ethyl adjacent to an activating group) is 1. The molecule has 1 amide bonds. The summed E-state index contributed by atoms with van der Waals surface area (Å²) in [6.45, 7) is 5.60. The largest absolute Gasteiger partial charge is 0.480 e. The fraction of sp³-hybridized carbons (Fsp3) is 0.385. The first-order valence-corrected chi connectivity index (χ1v) is 6.44. The molecule has 0 saturated heterocycles. The highest BCUT2D eigenvalue weighted by molar-refractivity contribution is 9.10. The number of carbonyl (C=O) groups excluding carboxylic acids is 1. The number of aliphatic carboxylic acids is 1. The lowest BCUT2D eigenvalue weighted by Crippen LogP contribution is -2.35. The molecule has 0 spiro atoms. The maximum Gasteiger partial charge on any atom is 0.323 e. The number of hydrogen-bond donors (Lipinski definition) is 1. The summed E-state index contributed by atoms with van der Waals surface area (Å²) in [5, 5.41) is 8.78. The molecule has 0 radical (unpaired) electrons. The Bertz CT molecular complexity index is 485. The van der Waals surface area contributed by atoms with Crippen LogP contribution in [0.25, 0.3) is 0 Å². The second-order valence-electron chi connectivity index (χ2n) is 4.13. The van der Waals surface area contributed by atoms with Crippen LogP contribution < -0.4 is 0 Å². The molecule has 0 atom stereocenters. The van der Waals surface area contributed by atoms with Gasteiger partial charge in [0, 0.05) is 16.6 Å². The van der Waals surface area contributed by atoms with Gasteiger partial charge < -0.3 is 10.0 Å². The van der Waals surface area contributed by atoms with E-state index in [9.17, 15) is 9.59 Å². The Morgan fingerprint density at radius 1 is 1.28 bits per heavy atom. The van der Waals surface area contributed by atoms with Crippen LogP contribution in [0.1, 0.15) is 28.4 Å². The summed E-state index contributed by atoms with van der Waals surface area (Å²) in [5.74, 6) is -1.25. The fourth-order valence-electron chi connectivity index (χ4n) is 1.67. The van der Waals surface area contributed by atoms with Gasteiger partial charge in [-0.25, -0.2) is 0 Å². The third kappa shape index (κ3) is 3.32. The zero-order chi connectivity index (χ0) is 13.9. The molecule has 0 saturated carbocycles. The van der Waals surface area contributed by atoms with Crippen LogP contribution in [0.5, 0.6) is 0 Å². The van der Waals surface area contributed by atoms with Crippen LogP contribution in [0.3, 0.4) is 0 Å². The first-order chi connectivity index (χ1) is 8.36. The smallest absolute Gasteiger partial charge is 0.323 e. The summed E-state index contributed by atoms with van der Waals surface area (Å²) in [7, 11) is 0. The molecule has 4 nitrogen and oxygen atoms in total. The van der Waals surface area contributed by atoms with Crippen LogP contribution in [0.4, 0.5) is 0 Å². The van der Waals surface area contributed by atoms with E-state index in [0.717, 1.165) is 15.6 Å². The number of carboxylic acid groups (broad SMARTS) is 1. The number of carboxylic acids is 1. The minimum absolute atomic E-state index is 0.243. The number of benzene rings is 1. The second-order valence-corrected chi connectivity index (χ2v) is 4.98. The third-order valence-electron chi connectivity index (χ3n) is 2.73. The van der Waals surface area contributed by atoms with Crippen molar-refractivity contribution in [1.29, 1.82) is 0 Å². The molecule has 1 N–H and O–H groups in total.